The molecule has 3 aromatic heterocycles. The first kappa shape index (κ1) is 18.3. The predicted octanol–water partition coefficient (Wildman–Crippen LogP) is 3.28. The van der Waals surface area contributed by atoms with Gasteiger partial charge in [0.1, 0.15) is 27.8 Å². The van der Waals surface area contributed by atoms with Crippen LogP contribution in [0.1, 0.15) is 28.8 Å². The maximum Gasteiger partial charge on any atom is 0.259 e. The van der Waals surface area contributed by atoms with Crippen LogP contribution in [0.4, 0.5) is 5.69 Å². The van der Waals surface area contributed by atoms with E-state index in [4.69, 9.17) is 26.2 Å². The van der Waals surface area contributed by atoms with E-state index in [0.717, 1.165) is 5.76 Å². The van der Waals surface area contributed by atoms with Gasteiger partial charge >= 0.3 is 0 Å². The summed E-state index contributed by atoms with van der Waals surface area (Å²) in [5, 5.41) is 3.49. The Labute approximate surface area is 156 Å². The number of nitrogens with two attached hydrogens (primary N) is 1. The van der Waals surface area contributed by atoms with E-state index in [1.165, 1.54) is 4.90 Å². The van der Waals surface area contributed by atoms with Gasteiger partial charge in [0.05, 0.1) is 18.5 Å². The lowest BCUT2D eigenvalue weighted by Gasteiger charge is -2.11. The monoisotopic (exact) mass is 376 g/mol. The summed E-state index contributed by atoms with van der Waals surface area (Å²) < 4.78 is 11.3. The molecule has 0 aliphatic rings. The van der Waals surface area contributed by atoms with Crippen molar-refractivity contribution in [3.8, 4) is 0 Å². The number of pyridine rings is 1. The van der Waals surface area contributed by atoms with Crippen molar-refractivity contribution in [2.75, 3.05) is 19.4 Å². The fourth-order valence-corrected chi connectivity index (χ4v) is 2.88. The number of carbonyl (C=O) groups excluding carboxylic acids is 1. The average molecular weight is 377 g/mol. The minimum Gasteiger partial charge on any atom is -0.467 e. The molecule has 0 aromatic carbocycles. The number of nitrogens with zero attached hydrogens (tertiary/aromatic N) is 2. The van der Waals surface area contributed by atoms with Gasteiger partial charge in [-0.2, -0.15) is 0 Å². The zero-order valence-corrected chi connectivity index (χ0v) is 15.6. The van der Waals surface area contributed by atoms with Gasteiger partial charge in [0, 0.05) is 32.6 Å². The number of hydrogen-bond acceptors (Lipinski definition) is 6. The molecule has 0 fully saturated rings. The number of fused-ring (bicyclic) bond motifs is 1. The smallest absolute Gasteiger partial charge is 0.259 e. The van der Waals surface area contributed by atoms with Gasteiger partial charge in [0.15, 0.2) is 5.58 Å². The lowest BCUT2D eigenvalue weighted by Crippen LogP contribution is -2.24. The Hall–Kier alpha value is -2.51. The highest BCUT2D eigenvalue weighted by Gasteiger charge is 2.26. The van der Waals surface area contributed by atoms with Gasteiger partial charge in [-0.05, 0) is 19.1 Å². The third kappa shape index (κ3) is 3.68. The van der Waals surface area contributed by atoms with Gasteiger partial charge in [-0.3, -0.25) is 4.79 Å². The number of furan rings is 2. The van der Waals surface area contributed by atoms with Crippen molar-refractivity contribution < 1.29 is 13.6 Å². The molecule has 3 N–H and O–H groups in total. The Morgan fingerprint density at radius 3 is 2.85 bits per heavy atom. The molecule has 7 nitrogen and oxygen atoms in total. The highest BCUT2D eigenvalue weighted by molar-refractivity contribution is 6.30. The molecular weight excluding hydrogens is 356 g/mol. The summed E-state index contributed by atoms with van der Waals surface area (Å²) in [4.78, 5) is 18.5. The summed E-state index contributed by atoms with van der Waals surface area (Å²) in [7, 11) is 3.36. The number of carbonyl (C=O) groups is 1. The molecule has 26 heavy (non-hydrogen) atoms. The van der Waals surface area contributed by atoms with Crippen molar-refractivity contribution in [2.45, 2.75) is 25.9 Å². The van der Waals surface area contributed by atoms with Gasteiger partial charge in [-0.15, -0.1) is 0 Å². The van der Waals surface area contributed by atoms with Crippen LogP contribution < -0.4 is 11.1 Å². The summed E-state index contributed by atoms with van der Waals surface area (Å²) in [6.45, 7) is 2.30. The summed E-state index contributed by atoms with van der Waals surface area (Å²) in [5.74, 6) is 1.06. The fourth-order valence-electron chi connectivity index (χ4n) is 2.69. The van der Waals surface area contributed by atoms with Gasteiger partial charge < -0.3 is 24.8 Å². The van der Waals surface area contributed by atoms with E-state index in [0.29, 0.717) is 41.1 Å². The Bertz CT molecular complexity index is 916. The quantitative estimate of drug-likeness (QED) is 0.641. The molecule has 0 spiro atoms. The van der Waals surface area contributed by atoms with Crippen LogP contribution in [0, 0.1) is 0 Å². The third-order valence-electron chi connectivity index (χ3n) is 3.84. The van der Waals surface area contributed by atoms with Crippen LogP contribution >= 0.6 is 11.6 Å². The van der Waals surface area contributed by atoms with Crippen LogP contribution in [0.2, 0.25) is 5.15 Å². The van der Waals surface area contributed by atoms with Gasteiger partial charge in [0.2, 0.25) is 0 Å². The number of hydrogen-bond donors (Lipinski definition) is 2. The standard InChI is InChI=1S/C18H21ClN4O3/c1-10(20)7-13-15(18(24)23(2)3)16-17(26-13)12(8-14(19)22-16)21-9-11-5-4-6-25-11/h4-6,8,10H,7,9,20H2,1-3H3,(H,21,22)/t10-/m0/s1. The first-order valence-corrected chi connectivity index (χ1v) is 8.60. The highest BCUT2D eigenvalue weighted by atomic mass is 35.5. The zero-order valence-electron chi connectivity index (χ0n) is 14.9. The van der Waals surface area contributed by atoms with Crippen molar-refractivity contribution in [3.05, 3.63) is 46.7 Å². The normalized spacial score (nSPS) is 12.3. The van der Waals surface area contributed by atoms with Crippen molar-refractivity contribution in [3.63, 3.8) is 0 Å². The summed E-state index contributed by atoms with van der Waals surface area (Å²) in [6, 6.07) is 5.17. The minimum atomic E-state index is -0.203. The van der Waals surface area contributed by atoms with Crippen LogP contribution in [0.15, 0.2) is 33.3 Å². The van der Waals surface area contributed by atoms with Crippen LogP contribution in [0.3, 0.4) is 0 Å². The SMILES string of the molecule is C[C@H](N)Cc1oc2c(NCc3ccco3)cc(Cl)nc2c1C(=O)N(C)C. The molecule has 3 heterocycles. The highest BCUT2D eigenvalue weighted by Crippen LogP contribution is 2.33. The maximum atomic E-state index is 12.7. The molecule has 0 unspecified atom stereocenters. The molecule has 8 heteroatoms. The van der Waals surface area contributed by atoms with Crippen LogP contribution in [0.25, 0.3) is 11.1 Å². The van der Waals surface area contributed by atoms with Crippen LogP contribution in [-0.2, 0) is 13.0 Å². The van der Waals surface area contributed by atoms with Crippen LogP contribution in [-0.4, -0.2) is 35.9 Å². The number of rotatable bonds is 6. The lowest BCUT2D eigenvalue weighted by molar-refractivity contribution is 0.0826. The van der Waals surface area contributed by atoms with Crippen molar-refractivity contribution in [2.24, 2.45) is 5.73 Å². The first-order valence-electron chi connectivity index (χ1n) is 8.22. The second-order valence-electron chi connectivity index (χ2n) is 6.38. The minimum absolute atomic E-state index is 0.167. The van der Waals surface area contributed by atoms with E-state index >= 15 is 0 Å². The molecule has 0 aliphatic carbocycles. The molecule has 0 saturated carbocycles. The van der Waals surface area contributed by atoms with E-state index in [1.807, 2.05) is 19.1 Å². The van der Waals surface area contributed by atoms with E-state index < -0.39 is 0 Å². The number of nitrogens with one attached hydrogen (secondary N) is 1. The van der Waals surface area contributed by atoms with Crippen molar-refractivity contribution >= 4 is 34.3 Å². The summed E-state index contributed by atoms with van der Waals surface area (Å²) in [5.41, 5.74) is 7.85. The Morgan fingerprint density at radius 1 is 1.46 bits per heavy atom. The summed E-state index contributed by atoms with van der Waals surface area (Å²) in [6.07, 6.45) is 2.02. The van der Waals surface area contributed by atoms with Gasteiger partial charge in [-0.1, -0.05) is 11.6 Å². The zero-order chi connectivity index (χ0) is 18.8. The van der Waals surface area contributed by atoms with E-state index in [9.17, 15) is 4.79 Å². The molecule has 0 aliphatic heterocycles. The second-order valence-corrected chi connectivity index (χ2v) is 6.77. The van der Waals surface area contributed by atoms with E-state index in [-0.39, 0.29) is 17.1 Å². The molecule has 1 atom stereocenters. The summed E-state index contributed by atoms with van der Waals surface area (Å²) >= 11 is 6.19. The van der Waals surface area contributed by atoms with Crippen molar-refractivity contribution in [1.82, 2.24) is 9.88 Å². The molecule has 3 rings (SSSR count). The molecule has 0 bridgehead atoms. The maximum absolute atomic E-state index is 12.7. The largest absolute Gasteiger partial charge is 0.467 e. The van der Waals surface area contributed by atoms with Gasteiger partial charge in [-0.25, -0.2) is 4.98 Å². The average Bonchev–Trinajstić information content (AvgIpc) is 3.18. The van der Waals surface area contributed by atoms with Gasteiger partial charge in [0.25, 0.3) is 5.91 Å². The topological polar surface area (TPSA) is 97.5 Å². The molecule has 138 valence electrons. The van der Waals surface area contributed by atoms with Crippen molar-refractivity contribution in [1.29, 1.82) is 0 Å². The van der Waals surface area contributed by atoms with E-state index in [2.05, 4.69) is 10.3 Å². The Kier molecular flexibility index (Phi) is 5.20. The second kappa shape index (κ2) is 7.39. The Balaban J connectivity index is 2.10. The van der Waals surface area contributed by atoms with E-state index in [1.54, 1.807) is 26.4 Å². The number of amides is 1. The molecule has 0 radical (unpaired) electrons. The molecule has 3 aromatic rings. The Morgan fingerprint density at radius 2 is 2.23 bits per heavy atom. The predicted molar refractivity (Wildman–Crippen MR) is 100 cm³/mol. The molecule has 1 amide bonds. The van der Waals surface area contributed by atoms with Crippen LogP contribution in [0.5, 0.6) is 0 Å². The molecular formula is C18H21ClN4O3. The number of halogens is 1. The lowest BCUT2D eigenvalue weighted by atomic mass is 10.1. The number of anilines is 1. The number of aromatic nitrogens is 1. The third-order valence-corrected chi connectivity index (χ3v) is 4.04. The molecule has 0 saturated heterocycles. The fraction of sp³-hybridized carbons (Fsp3) is 0.333. The first-order chi connectivity index (χ1) is 12.4.